The van der Waals surface area contributed by atoms with Crippen LogP contribution in [-0.4, -0.2) is 14.0 Å². The molecule has 0 aliphatic heterocycles. The maximum Gasteiger partial charge on any atom is 0.250 e. The zero-order valence-electron chi connectivity index (χ0n) is 12.0. The van der Waals surface area contributed by atoms with E-state index in [1.165, 1.54) is 0 Å². The fourth-order valence-electron chi connectivity index (χ4n) is 2.32. The number of nitrogens with zero attached hydrogens (tertiary/aromatic N) is 3. The van der Waals surface area contributed by atoms with Crippen molar-refractivity contribution in [2.75, 3.05) is 5.32 Å². The van der Waals surface area contributed by atoms with Gasteiger partial charge in [-0.2, -0.15) is 0 Å². The zero-order chi connectivity index (χ0) is 14.7. The molecule has 0 spiro atoms. The van der Waals surface area contributed by atoms with Gasteiger partial charge in [-0.3, -0.25) is 4.79 Å². The van der Waals surface area contributed by atoms with Crippen molar-refractivity contribution in [2.24, 2.45) is 0 Å². The largest absolute Gasteiger partial charge is 0.378 e. The van der Waals surface area contributed by atoms with Crippen molar-refractivity contribution in [2.45, 2.75) is 26.4 Å². The van der Waals surface area contributed by atoms with Gasteiger partial charge in [-0.1, -0.05) is 13.0 Å². The van der Waals surface area contributed by atoms with Gasteiger partial charge < -0.3 is 14.3 Å². The molecule has 0 aliphatic rings. The van der Waals surface area contributed by atoms with Crippen molar-refractivity contribution in [1.82, 2.24) is 14.0 Å². The van der Waals surface area contributed by atoms with Crippen molar-refractivity contribution in [1.29, 1.82) is 0 Å². The normalized spacial score (nSPS) is 10.9. The first-order chi connectivity index (χ1) is 10.3. The van der Waals surface area contributed by atoms with Crippen LogP contribution in [0.2, 0.25) is 0 Å². The Hall–Kier alpha value is -2.56. The molecule has 0 aromatic carbocycles. The van der Waals surface area contributed by atoms with Gasteiger partial charge in [0.1, 0.15) is 5.65 Å². The summed E-state index contributed by atoms with van der Waals surface area (Å²) >= 11 is 0. The van der Waals surface area contributed by atoms with Crippen LogP contribution in [0.1, 0.15) is 19.0 Å². The Balaban J connectivity index is 1.75. The summed E-state index contributed by atoms with van der Waals surface area (Å²) < 4.78 is 3.72. The maximum absolute atomic E-state index is 11.7. The molecule has 1 N–H and O–H groups in total. The molecule has 3 aromatic rings. The molecule has 0 amide bonds. The molecule has 0 saturated heterocycles. The van der Waals surface area contributed by atoms with Crippen molar-refractivity contribution in [3.8, 4) is 0 Å². The minimum atomic E-state index is 0.0372. The molecule has 5 heteroatoms. The molecule has 0 atom stereocenters. The monoisotopic (exact) mass is 282 g/mol. The molecule has 108 valence electrons. The van der Waals surface area contributed by atoms with Crippen LogP contribution in [0.3, 0.4) is 0 Å². The first-order valence-electron chi connectivity index (χ1n) is 7.13. The highest BCUT2D eigenvalue weighted by atomic mass is 16.1. The van der Waals surface area contributed by atoms with E-state index in [0.29, 0.717) is 6.54 Å². The molecule has 3 heterocycles. The SMILES string of the molecule is CCCn1cc(NCc2cn3ccccc3n2)ccc1=O. The van der Waals surface area contributed by atoms with Gasteiger partial charge in [0, 0.05) is 31.2 Å². The van der Waals surface area contributed by atoms with E-state index in [0.717, 1.165) is 30.0 Å². The van der Waals surface area contributed by atoms with Gasteiger partial charge in [0.25, 0.3) is 5.56 Å². The Morgan fingerprint density at radius 3 is 2.90 bits per heavy atom. The van der Waals surface area contributed by atoms with Crippen LogP contribution in [0.25, 0.3) is 5.65 Å². The van der Waals surface area contributed by atoms with E-state index in [9.17, 15) is 4.79 Å². The molecule has 0 bridgehead atoms. The highest BCUT2D eigenvalue weighted by molar-refractivity contribution is 5.43. The van der Waals surface area contributed by atoms with Crippen molar-refractivity contribution < 1.29 is 0 Å². The van der Waals surface area contributed by atoms with Crippen LogP contribution < -0.4 is 10.9 Å². The topological polar surface area (TPSA) is 51.3 Å². The third-order valence-corrected chi connectivity index (χ3v) is 3.34. The van der Waals surface area contributed by atoms with Gasteiger partial charge in [0.2, 0.25) is 0 Å². The molecule has 21 heavy (non-hydrogen) atoms. The molecule has 5 nitrogen and oxygen atoms in total. The third kappa shape index (κ3) is 2.97. The predicted octanol–water partition coefficient (Wildman–Crippen LogP) is 2.52. The minimum Gasteiger partial charge on any atom is -0.378 e. The summed E-state index contributed by atoms with van der Waals surface area (Å²) in [6, 6.07) is 9.34. The van der Waals surface area contributed by atoms with E-state index in [1.807, 2.05) is 47.3 Å². The molecule has 3 aromatic heterocycles. The number of pyridine rings is 2. The lowest BCUT2D eigenvalue weighted by Crippen LogP contribution is -2.18. The van der Waals surface area contributed by atoms with E-state index < -0.39 is 0 Å². The second-order valence-corrected chi connectivity index (χ2v) is 5.00. The third-order valence-electron chi connectivity index (χ3n) is 3.34. The summed E-state index contributed by atoms with van der Waals surface area (Å²) in [7, 11) is 0. The van der Waals surface area contributed by atoms with Gasteiger partial charge in [0.05, 0.1) is 17.9 Å². The lowest BCUT2D eigenvalue weighted by atomic mass is 10.3. The highest BCUT2D eigenvalue weighted by Gasteiger charge is 2.02. The predicted molar refractivity (Wildman–Crippen MR) is 83.5 cm³/mol. The number of aromatic nitrogens is 3. The van der Waals surface area contributed by atoms with E-state index in [4.69, 9.17) is 0 Å². The molecule has 0 saturated carbocycles. The summed E-state index contributed by atoms with van der Waals surface area (Å²) in [5.74, 6) is 0. The lowest BCUT2D eigenvalue weighted by molar-refractivity contribution is 0.655. The Morgan fingerprint density at radius 1 is 1.19 bits per heavy atom. The van der Waals surface area contributed by atoms with Crippen LogP contribution in [-0.2, 0) is 13.1 Å². The van der Waals surface area contributed by atoms with E-state index >= 15 is 0 Å². The molecular formula is C16H18N4O. The van der Waals surface area contributed by atoms with E-state index in [-0.39, 0.29) is 5.56 Å². The van der Waals surface area contributed by atoms with Crippen molar-refractivity contribution in [3.05, 3.63) is 65.0 Å². The number of nitrogens with one attached hydrogen (secondary N) is 1. The summed E-state index contributed by atoms with van der Waals surface area (Å²) in [4.78, 5) is 16.2. The van der Waals surface area contributed by atoms with Gasteiger partial charge in [-0.25, -0.2) is 4.98 Å². The zero-order valence-corrected chi connectivity index (χ0v) is 12.0. The van der Waals surface area contributed by atoms with Gasteiger partial charge in [-0.15, -0.1) is 0 Å². The van der Waals surface area contributed by atoms with Crippen LogP contribution >= 0.6 is 0 Å². The second-order valence-electron chi connectivity index (χ2n) is 5.00. The van der Waals surface area contributed by atoms with Crippen LogP contribution in [0, 0.1) is 0 Å². The Kier molecular flexibility index (Phi) is 3.73. The first-order valence-corrected chi connectivity index (χ1v) is 7.13. The number of rotatable bonds is 5. The second kappa shape index (κ2) is 5.83. The van der Waals surface area contributed by atoms with Gasteiger partial charge in [-0.05, 0) is 24.6 Å². The average Bonchev–Trinajstić information content (AvgIpc) is 2.91. The molecule has 0 fully saturated rings. The van der Waals surface area contributed by atoms with Crippen LogP contribution in [0.5, 0.6) is 0 Å². The van der Waals surface area contributed by atoms with E-state index in [2.05, 4.69) is 17.2 Å². The number of aryl methyl sites for hydroxylation is 1. The fourth-order valence-corrected chi connectivity index (χ4v) is 2.32. The average molecular weight is 282 g/mol. The van der Waals surface area contributed by atoms with Crippen molar-refractivity contribution in [3.63, 3.8) is 0 Å². The molecule has 0 unspecified atom stereocenters. The summed E-state index contributed by atoms with van der Waals surface area (Å²) in [6.07, 6.45) is 6.79. The quantitative estimate of drug-likeness (QED) is 0.782. The van der Waals surface area contributed by atoms with E-state index in [1.54, 1.807) is 10.6 Å². The number of hydrogen-bond donors (Lipinski definition) is 1. The Morgan fingerprint density at radius 2 is 2.10 bits per heavy atom. The lowest BCUT2D eigenvalue weighted by Gasteiger charge is -2.08. The fraction of sp³-hybridized carbons (Fsp3) is 0.250. The number of fused-ring (bicyclic) bond motifs is 1. The number of imidazole rings is 1. The first kappa shape index (κ1) is 13.4. The van der Waals surface area contributed by atoms with Crippen LogP contribution in [0.15, 0.2) is 53.7 Å². The summed E-state index contributed by atoms with van der Waals surface area (Å²) in [5.41, 5.74) is 2.87. The van der Waals surface area contributed by atoms with Gasteiger partial charge >= 0.3 is 0 Å². The standard InChI is InChI=1S/C16H18N4O/c1-2-8-20-11-13(6-7-16(20)21)17-10-14-12-19-9-4-3-5-15(19)18-14/h3-7,9,11-12,17H,2,8,10H2,1H3. The van der Waals surface area contributed by atoms with Crippen LogP contribution in [0.4, 0.5) is 5.69 Å². The highest BCUT2D eigenvalue weighted by Crippen LogP contribution is 2.09. The Bertz CT molecular complexity index is 770. The molecular weight excluding hydrogens is 264 g/mol. The molecule has 3 rings (SSSR count). The number of hydrogen-bond acceptors (Lipinski definition) is 3. The summed E-state index contributed by atoms with van der Waals surface area (Å²) in [5, 5.41) is 3.31. The van der Waals surface area contributed by atoms with Gasteiger partial charge in [0.15, 0.2) is 0 Å². The molecule has 0 aliphatic carbocycles. The molecule has 0 radical (unpaired) electrons. The Labute approximate surface area is 122 Å². The smallest absolute Gasteiger partial charge is 0.250 e. The van der Waals surface area contributed by atoms with Crippen molar-refractivity contribution >= 4 is 11.3 Å². The maximum atomic E-state index is 11.7. The summed E-state index contributed by atoms with van der Waals surface area (Å²) in [6.45, 7) is 3.43. The minimum absolute atomic E-state index is 0.0372. The number of anilines is 1.